The topological polar surface area (TPSA) is 0 Å². The van der Waals surface area contributed by atoms with E-state index in [2.05, 4.69) is 44.7 Å². The lowest BCUT2D eigenvalue weighted by Gasteiger charge is -2.03. The molecule has 1 aromatic carbocycles. The van der Waals surface area contributed by atoms with Crippen LogP contribution in [-0.2, 0) is 6.42 Å². The first-order valence-electron chi connectivity index (χ1n) is 4.52. The summed E-state index contributed by atoms with van der Waals surface area (Å²) in [6, 6.07) is 6.52. The number of benzene rings is 1. The molecule has 0 saturated carbocycles. The van der Waals surface area contributed by atoms with Crippen LogP contribution in [0.5, 0.6) is 0 Å². The Balaban J connectivity index is 2.69. The first kappa shape index (κ1) is 9.66. The monoisotopic (exact) mass is 180 g/mol. The summed E-state index contributed by atoms with van der Waals surface area (Å²) in [5.74, 6) is 0. The summed E-state index contributed by atoms with van der Waals surface area (Å²) in [5.41, 5.74) is 2.67. The molecular weight excluding hydrogens is 164 g/mol. The molecule has 1 rings (SSSR count). The Morgan fingerprint density at radius 2 is 2.08 bits per heavy atom. The molecule has 0 aromatic heterocycles. The van der Waals surface area contributed by atoms with Crippen LogP contribution in [0.3, 0.4) is 0 Å². The molecule has 0 nitrogen and oxygen atoms in total. The molecule has 12 heavy (non-hydrogen) atoms. The smallest absolute Gasteiger partial charge is 0.00719 e. The van der Waals surface area contributed by atoms with Gasteiger partial charge in [-0.15, -0.1) is 12.6 Å². The Morgan fingerprint density at radius 1 is 1.33 bits per heavy atom. The van der Waals surface area contributed by atoms with Crippen molar-refractivity contribution in [2.24, 2.45) is 0 Å². The van der Waals surface area contributed by atoms with E-state index in [0.717, 1.165) is 4.90 Å². The van der Waals surface area contributed by atoms with E-state index in [-0.39, 0.29) is 0 Å². The molecule has 0 aliphatic carbocycles. The lowest BCUT2D eigenvalue weighted by Crippen LogP contribution is -1.85. The zero-order valence-corrected chi connectivity index (χ0v) is 8.70. The summed E-state index contributed by atoms with van der Waals surface area (Å²) in [4.78, 5) is 1.11. The molecule has 0 unspecified atom stereocenters. The van der Waals surface area contributed by atoms with Gasteiger partial charge in [0.05, 0.1) is 0 Å². The van der Waals surface area contributed by atoms with Crippen molar-refractivity contribution >= 4 is 12.6 Å². The predicted molar refractivity (Wildman–Crippen MR) is 57.0 cm³/mol. The van der Waals surface area contributed by atoms with E-state index in [1.165, 1.54) is 30.4 Å². The number of hydrogen-bond donors (Lipinski definition) is 1. The van der Waals surface area contributed by atoms with Crippen molar-refractivity contribution in [1.82, 2.24) is 0 Å². The van der Waals surface area contributed by atoms with Crippen LogP contribution >= 0.6 is 12.6 Å². The lowest BCUT2D eigenvalue weighted by atomic mass is 10.1. The highest BCUT2D eigenvalue weighted by molar-refractivity contribution is 7.80. The summed E-state index contributed by atoms with van der Waals surface area (Å²) < 4.78 is 0. The molecule has 0 aliphatic rings. The summed E-state index contributed by atoms with van der Waals surface area (Å²) in [6.45, 7) is 4.31. The zero-order valence-electron chi connectivity index (χ0n) is 7.80. The molecule has 0 N–H and O–H groups in total. The van der Waals surface area contributed by atoms with Crippen LogP contribution in [0.15, 0.2) is 23.1 Å². The number of rotatable bonds is 3. The number of unbranched alkanes of at least 4 members (excludes halogenated alkanes) is 1. The Kier molecular flexibility index (Phi) is 3.67. The molecule has 66 valence electrons. The van der Waals surface area contributed by atoms with Crippen molar-refractivity contribution < 1.29 is 0 Å². The maximum absolute atomic E-state index is 4.39. The average Bonchev–Trinajstić information content (AvgIpc) is 2.07. The van der Waals surface area contributed by atoms with Crippen molar-refractivity contribution in [3.05, 3.63) is 29.3 Å². The normalized spacial score (nSPS) is 10.2. The minimum atomic E-state index is 1.11. The van der Waals surface area contributed by atoms with E-state index in [1.54, 1.807) is 0 Å². The molecule has 0 fully saturated rings. The maximum atomic E-state index is 4.39. The van der Waals surface area contributed by atoms with Crippen LogP contribution in [0.2, 0.25) is 0 Å². The quantitative estimate of drug-likeness (QED) is 0.675. The number of aryl methyl sites for hydroxylation is 2. The molecule has 0 spiro atoms. The van der Waals surface area contributed by atoms with Crippen LogP contribution in [0.1, 0.15) is 30.9 Å². The van der Waals surface area contributed by atoms with Crippen molar-refractivity contribution in [3.8, 4) is 0 Å². The highest BCUT2D eigenvalue weighted by Crippen LogP contribution is 2.16. The predicted octanol–water partition coefficient (Wildman–Crippen LogP) is 3.63. The van der Waals surface area contributed by atoms with E-state index in [1.807, 2.05) is 0 Å². The van der Waals surface area contributed by atoms with Crippen molar-refractivity contribution in [1.29, 1.82) is 0 Å². The third-order valence-electron chi connectivity index (χ3n) is 2.09. The first-order valence-corrected chi connectivity index (χ1v) is 4.97. The third kappa shape index (κ3) is 2.56. The standard InChI is InChI=1S/C11H16S/c1-3-4-5-10-7-6-9(2)11(12)8-10/h6-8,12H,3-5H2,1-2H3. The Labute approximate surface area is 80.4 Å². The van der Waals surface area contributed by atoms with Gasteiger partial charge >= 0.3 is 0 Å². The maximum Gasteiger partial charge on any atom is 0.00719 e. The van der Waals surface area contributed by atoms with Crippen molar-refractivity contribution in [3.63, 3.8) is 0 Å². The van der Waals surface area contributed by atoms with Gasteiger partial charge in [0.2, 0.25) is 0 Å². The van der Waals surface area contributed by atoms with Gasteiger partial charge in [-0.25, -0.2) is 0 Å². The first-order chi connectivity index (χ1) is 5.74. The second kappa shape index (κ2) is 4.56. The van der Waals surface area contributed by atoms with Crippen molar-refractivity contribution in [2.45, 2.75) is 38.0 Å². The Morgan fingerprint density at radius 3 is 2.67 bits per heavy atom. The molecule has 0 saturated heterocycles. The van der Waals surface area contributed by atoms with E-state index in [9.17, 15) is 0 Å². The van der Waals surface area contributed by atoms with Gasteiger partial charge in [-0.1, -0.05) is 25.5 Å². The molecule has 0 atom stereocenters. The summed E-state index contributed by atoms with van der Waals surface area (Å²) in [5, 5.41) is 0. The van der Waals surface area contributed by atoms with E-state index in [0.29, 0.717) is 0 Å². The fourth-order valence-corrected chi connectivity index (χ4v) is 1.43. The number of hydrogen-bond acceptors (Lipinski definition) is 1. The van der Waals surface area contributed by atoms with Gasteiger partial charge < -0.3 is 0 Å². The van der Waals surface area contributed by atoms with Gasteiger partial charge in [-0.3, -0.25) is 0 Å². The van der Waals surface area contributed by atoms with Crippen LogP contribution in [-0.4, -0.2) is 0 Å². The molecular formula is C11H16S. The second-order valence-electron chi connectivity index (χ2n) is 3.22. The molecule has 0 bridgehead atoms. The van der Waals surface area contributed by atoms with Crippen LogP contribution < -0.4 is 0 Å². The fourth-order valence-electron chi connectivity index (χ4n) is 1.19. The SMILES string of the molecule is CCCCc1ccc(C)c(S)c1. The van der Waals surface area contributed by atoms with Crippen molar-refractivity contribution in [2.75, 3.05) is 0 Å². The average molecular weight is 180 g/mol. The Bertz CT molecular complexity index is 253. The molecule has 0 amide bonds. The Hall–Kier alpha value is -0.430. The van der Waals surface area contributed by atoms with Gasteiger partial charge in [-0.2, -0.15) is 0 Å². The highest BCUT2D eigenvalue weighted by atomic mass is 32.1. The molecule has 1 aromatic rings. The van der Waals surface area contributed by atoms with Gasteiger partial charge in [0.15, 0.2) is 0 Å². The second-order valence-corrected chi connectivity index (χ2v) is 3.71. The third-order valence-corrected chi connectivity index (χ3v) is 2.57. The lowest BCUT2D eigenvalue weighted by molar-refractivity contribution is 0.793. The van der Waals surface area contributed by atoms with Crippen LogP contribution in [0.4, 0.5) is 0 Å². The minimum absolute atomic E-state index is 1.11. The van der Waals surface area contributed by atoms with Gasteiger partial charge in [0, 0.05) is 4.90 Å². The summed E-state index contributed by atoms with van der Waals surface area (Å²) in [6.07, 6.45) is 3.72. The van der Waals surface area contributed by atoms with E-state index < -0.39 is 0 Å². The molecule has 0 aliphatic heterocycles. The minimum Gasteiger partial charge on any atom is -0.143 e. The summed E-state index contributed by atoms with van der Waals surface area (Å²) >= 11 is 4.39. The molecule has 0 heterocycles. The van der Waals surface area contributed by atoms with E-state index in [4.69, 9.17) is 0 Å². The van der Waals surface area contributed by atoms with Gasteiger partial charge in [0.1, 0.15) is 0 Å². The van der Waals surface area contributed by atoms with Crippen LogP contribution in [0, 0.1) is 6.92 Å². The number of thiol groups is 1. The molecule has 0 radical (unpaired) electrons. The van der Waals surface area contributed by atoms with E-state index >= 15 is 0 Å². The van der Waals surface area contributed by atoms with Gasteiger partial charge in [-0.05, 0) is 37.0 Å². The van der Waals surface area contributed by atoms with Gasteiger partial charge in [0.25, 0.3) is 0 Å². The van der Waals surface area contributed by atoms with Crippen LogP contribution in [0.25, 0.3) is 0 Å². The summed E-state index contributed by atoms with van der Waals surface area (Å²) in [7, 11) is 0. The largest absolute Gasteiger partial charge is 0.143 e. The highest BCUT2D eigenvalue weighted by Gasteiger charge is 1.95. The zero-order chi connectivity index (χ0) is 8.97. The molecule has 1 heteroatoms. The fraction of sp³-hybridized carbons (Fsp3) is 0.455.